The zero-order valence-corrected chi connectivity index (χ0v) is 19.3. The molecule has 1 unspecified atom stereocenters. The average Bonchev–Trinajstić information content (AvgIpc) is 3.39. The molecular weight excluding hydrogens is 450 g/mol. The summed E-state index contributed by atoms with van der Waals surface area (Å²) in [5.74, 6) is 1.19. The van der Waals surface area contributed by atoms with Gasteiger partial charge in [0.15, 0.2) is 5.16 Å². The number of carbonyl (C=O) groups is 1. The van der Waals surface area contributed by atoms with Gasteiger partial charge >= 0.3 is 0 Å². The number of benzene rings is 2. The van der Waals surface area contributed by atoms with E-state index in [1.54, 1.807) is 5.38 Å². The van der Waals surface area contributed by atoms with Crippen molar-refractivity contribution in [2.75, 3.05) is 0 Å². The van der Waals surface area contributed by atoms with Crippen molar-refractivity contribution in [3.8, 4) is 5.69 Å². The lowest BCUT2D eigenvalue weighted by atomic mass is 10.1. The van der Waals surface area contributed by atoms with Crippen LogP contribution in [-0.2, 0) is 5.75 Å². The van der Waals surface area contributed by atoms with Crippen LogP contribution in [-0.4, -0.2) is 25.7 Å². The van der Waals surface area contributed by atoms with E-state index < -0.39 is 0 Å². The van der Waals surface area contributed by atoms with E-state index in [0.717, 1.165) is 27.2 Å². The van der Waals surface area contributed by atoms with Crippen molar-refractivity contribution < 1.29 is 4.79 Å². The summed E-state index contributed by atoms with van der Waals surface area (Å²) < 4.78 is 1.96. The molecule has 0 bridgehead atoms. The van der Waals surface area contributed by atoms with Crippen LogP contribution in [0.2, 0.25) is 5.02 Å². The summed E-state index contributed by atoms with van der Waals surface area (Å²) in [4.78, 5) is 17.1. The molecule has 1 N–H and O–H groups in total. The van der Waals surface area contributed by atoms with Gasteiger partial charge in [0.1, 0.15) is 16.5 Å². The third-order valence-electron chi connectivity index (χ3n) is 4.62. The van der Waals surface area contributed by atoms with E-state index in [9.17, 15) is 4.79 Å². The number of halogens is 1. The van der Waals surface area contributed by atoms with Crippen LogP contribution in [0.5, 0.6) is 0 Å². The fraction of sp³-hybridized carbons (Fsp3) is 0.182. The van der Waals surface area contributed by atoms with Crippen molar-refractivity contribution in [1.82, 2.24) is 25.1 Å². The molecular formula is C22H20ClN5OS2. The van der Waals surface area contributed by atoms with E-state index >= 15 is 0 Å². The maximum atomic E-state index is 12.6. The number of rotatable bonds is 7. The molecule has 4 aromatic rings. The maximum Gasteiger partial charge on any atom is 0.271 e. The standard InChI is InChI=1S/C22H20ClN5OS2/c1-14(16-7-4-3-5-8-16)24-21(29)19-12-30-20(25-19)13-31-22-27-26-15(2)28(22)18-10-6-9-17(23)11-18/h3-12,14H,13H2,1-2H3,(H,24,29). The van der Waals surface area contributed by atoms with Crippen molar-refractivity contribution in [3.05, 3.63) is 87.1 Å². The van der Waals surface area contributed by atoms with Gasteiger partial charge in [-0.05, 0) is 37.6 Å². The highest BCUT2D eigenvalue weighted by molar-refractivity contribution is 7.98. The van der Waals surface area contributed by atoms with E-state index in [1.165, 1.54) is 23.1 Å². The van der Waals surface area contributed by atoms with Crippen molar-refractivity contribution in [3.63, 3.8) is 0 Å². The Morgan fingerprint density at radius 1 is 1.19 bits per heavy atom. The van der Waals surface area contributed by atoms with Crippen LogP contribution in [0.15, 0.2) is 65.1 Å². The van der Waals surface area contributed by atoms with Gasteiger partial charge in [0, 0.05) is 10.4 Å². The highest BCUT2D eigenvalue weighted by Crippen LogP contribution is 2.27. The number of aromatic nitrogens is 4. The lowest BCUT2D eigenvalue weighted by Crippen LogP contribution is -2.26. The number of nitrogens with zero attached hydrogens (tertiary/aromatic N) is 4. The van der Waals surface area contributed by atoms with Crippen LogP contribution in [0, 0.1) is 6.92 Å². The van der Waals surface area contributed by atoms with Gasteiger partial charge in [0.05, 0.1) is 17.5 Å². The van der Waals surface area contributed by atoms with Crippen LogP contribution in [0.3, 0.4) is 0 Å². The highest BCUT2D eigenvalue weighted by Gasteiger charge is 2.16. The molecule has 0 aliphatic heterocycles. The van der Waals surface area contributed by atoms with Crippen LogP contribution < -0.4 is 5.32 Å². The number of thiazole rings is 1. The molecule has 0 aliphatic carbocycles. The Bertz CT molecular complexity index is 1190. The first-order chi connectivity index (χ1) is 15.0. The number of hydrogen-bond acceptors (Lipinski definition) is 6. The normalized spacial score (nSPS) is 12.0. The molecule has 1 amide bonds. The molecule has 158 valence electrons. The Kier molecular flexibility index (Phi) is 6.70. The lowest BCUT2D eigenvalue weighted by molar-refractivity contribution is 0.0935. The zero-order chi connectivity index (χ0) is 21.8. The second kappa shape index (κ2) is 9.64. The Labute approximate surface area is 193 Å². The molecule has 0 aliphatic rings. The largest absolute Gasteiger partial charge is 0.344 e. The number of amides is 1. The predicted octanol–water partition coefficient (Wildman–Crippen LogP) is 5.47. The molecule has 2 aromatic heterocycles. The van der Waals surface area contributed by atoms with Gasteiger partial charge in [-0.25, -0.2) is 4.98 Å². The molecule has 6 nitrogen and oxygen atoms in total. The minimum absolute atomic E-state index is 0.0903. The quantitative estimate of drug-likeness (QED) is 0.363. The fourth-order valence-electron chi connectivity index (χ4n) is 3.05. The van der Waals surface area contributed by atoms with Crippen molar-refractivity contribution >= 4 is 40.6 Å². The third-order valence-corrected chi connectivity index (χ3v) is 6.82. The molecule has 31 heavy (non-hydrogen) atoms. The number of thioether (sulfide) groups is 1. The molecule has 2 heterocycles. The molecule has 4 rings (SSSR count). The number of nitrogens with one attached hydrogen (secondary N) is 1. The number of aryl methyl sites for hydroxylation is 1. The van der Waals surface area contributed by atoms with Gasteiger partial charge in [-0.3, -0.25) is 9.36 Å². The van der Waals surface area contributed by atoms with Gasteiger partial charge in [0.2, 0.25) is 0 Å². The van der Waals surface area contributed by atoms with Crippen molar-refractivity contribution in [2.45, 2.75) is 30.8 Å². The molecule has 2 aromatic carbocycles. The summed E-state index contributed by atoms with van der Waals surface area (Å²) in [6.07, 6.45) is 0. The monoisotopic (exact) mass is 469 g/mol. The van der Waals surface area contributed by atoms with Gasteiger partial charge in [-0.2, -0.15) is 0 Å². The molecule has 9 heteroatoms. The smallest absolute Gasteiger partial charge is 0.271 e. The first-order valence-corrected chi connectivity index (χ1v) is 11.9. The Hall–Kier alpha value is -2.68. The number of carbonyl (C=O) groups excluding carboxylic acids is 1. The van der Waals surface area contributed by atoms with E-state index in [0.29, 0.717) is 16.5 Å². The predicted molar refractivity (Wildman–Crippen MR) is 125 cm³/mol. The van der Waals surface area contributed by atoms with Crippen LogP contribution in [0.1, 0.15) is 39.8 Å². The fourth-order valence-corrected chi connectivity index (χ4v) is 5.03. The molecule has 0 radical (unpaired) electrons. The first kappa shape index (κ1) is 21.5. The molecule has 1 atom stereocenters. The highest BCUT2D eigenvalue weighted by atomic mass is 35.5. The summed E-state index contributed by atoms with van der Waals surface area (Å²) in [6.45, 7) is 3.86. The minimum Gasteiger partial charge on any atom is -0.344 e. The van der Waals surface area contributed by atoms with Crippen molar-refractivity contribution in [2.24, 2.45) is 0 Å². The zero-order valence-electron chi connectivity index (χ0n) is 16.9. The maximum absolute atomic E-state index is 12.6. The third kappa shape index (κ3) is 5.15. The molecule has 0 saturated carbocycles. The second-order valence-electron chi connectivity index (χ2n) is 6.87. The van der Waals surface area contributed by atoms with E-state index in [1.807, 2.05) is 73.0 Å². The summed E-state index contributed by atoms with van der Waals surface area (Å²) in [5, 5.41) is 15.5. The van der Waals surface area contributed by atoms with E-state index in [2.05, 4.69) is 20.5 Å². The SMILES string of the molecule is Cc1nnc(SCc2nc(C(=O)NC(C)c3ccccc3)cs2)n1-c1cccc(Cl)c1. The van der Waals surface area contributed by atoms with Crippen LogP contribution >= 0.6 is 34.7 Å². The first-order valence-electron chi connectivity index (χ1n) is 9.62. The van der Waals surface area contributed by atoms with E-state index in [4.69, 9.17) is 11.6 Å². The van der Waals surface area contributed by atoms with Gasteiger partial charge in [-0.1, -0.05) is 59.8 Å². The summed E-state index contributed by atoms with van der Waals surface area (Å²) >= 11 is 9.12. The summed E-state index contributed by atoms with van der Waals surface area (Å²) in [6, 6.07) is 17.3. The Balaban J connectivity index is 1.42. The summed E-state index contributed by atoms with van der Waals surface area (Å²) in [5.41, 5.74) is 2.39. The number of hydrogen-bond donors (Lipinski definition) is 1. The Morgan fingerprint density at radius 2 is 2.00 bits per heavy atom. The molecule has 0 saturated heterocycles. The van der Waals surface area contributed by atoms with Crippen molar-refractivity contribution in [1.29, 1.82) is 0 Å². The second-order valence-corrected chi connectivity index (χ2v) is 9.19. The topological polar surface area (TPSA) is 72.7 Å². The van der Waals surface area contributed by atoms with Gasteiger partial charge in [-0.15, -0.1) is 21.5 Å². The van der Waals surface area contributed by atoms with Crippen LogP contribution in [0.4, 0.5) is 0 Å². The van der Waals surface area contributed by atoms with Crippen LogP contribution in [0.25, 0.3) is 5.69 Å². The average molecular weight is 470 g/mol. The minimum atomic E-state index is -0.179. The van der Waals surface area contributed by atoms with E-state index in [-0.39, 0.29) is 11.9 Å². The summed E-state index contributed by atoms with van der Waals surface area (Å²) in [7, 11) is 0. The molecule has 0 spiro atoms. The lowest BCUT2D eigenvalue weighted by Gasteiger charge is -2.13. The van der Waals surface area contributed by atoms with Gasteiger partial charge < -0.3 is 5.32 Å². The van der Waals surface area contributed by atoms with Gasteiger partial charge in [0.25, 0.3) is 5.91 Å². The molecule has 0 fully saturated rings. The Morgan fingerprint density at radius 3 is 2.77 bits per heavy atom.